The van der Waals surface area contributed by atoms with Crippen LogP contribution >= 0.6 is 22.9 Å². The fourth-order valence-electron chi connectivity index (χ4n) is 5.15. The standard InChI is InChI=1S/C36H30ClN3O4S/c1-3-43-28-19-15-25(16-20-28)33-32(34(41)39-27-10-5-4-6-11-27)23(2)38-36-40(33)35(42)31(45-36)21-24-13-17-29(18-14-24)44-22-26-9-7-8-12-30(26)37/h4-21,33H,3,22H2,1-2H3,(H,39,41)/b31-21-/t33-/m1/s1. The number of nitrogens with zero attached hydrogens (tertiary/aromatic N) is 2. The number of amides is 1. The molecule has 7 nitrogen and oxygen atoms in total. The Morgan fingerprint density at radius 2 is 1.60 bits per heavy atom. The summed E-state index contributed by atoms with van der Waals surface area (Å²) in [5.41, 5.74) is 3.90. The van der Waals surface area contributed by atoms with Crippen LogP contribution in [0.5, 0.6) is 11.5 Å². The Labute approximate surface area is 269 Å². The first kappa shape index (κ1) is 30.1. The highest BCUT2D eigenvalue weighted by Gasteiger charge is 2.32. The number of anilines is 1. The van der Waals surface area contributed by atoms with Crippen molar-refractivity contribution in [3.63, 3.8) is 0 Å². The third-order valence-corrected chi connectivity index (χ3v) is 8.69. The number of para-hydroxylation sites is 1. The van der Waals surface area contributed by atoms with Gasteiger partial charge >= 0.3 is 0 Å². The molecule has 0 bridgehead atoms. The van der Waals surface area contributed by atoms with Crippen molar-refractivity contribution in [2.45, 2.75) is 26.5 Å². The van der Waals surface area contributed by atoms with E-state index < -0.39 is 6.04 Å². The maximum Gasteiger partial charge on any atom is 0.271 e. The molecule has 0 unspecified atom stereocenters. The van der Waals surface area contributed by atoms with Crippen molar-refractivity contribution in [2.75, 3.05) is 11.9 Å². The van der Waals surface area contributed by atoms with Gasteiger partial charge in [0.2, 0.25) is 0 Å². The van der Waals surface area contributed by atoms with E-state index in [0.29, 0.717) is 56.0 Å². The van der Waals surface area contributed by atoms with Gasteiger partial charge in [-0.25, -0.2) is 4.99 Å². The molecule has 1 amide bonds. The van der Waals surface area contributed by atoms with Gasteiger partial charge in [-0.3, -0.25) is 14.2 Å². The van der Waals surface area contributed by atoms with Crippen molar-refractivity contribution >= 4 is 40.6 Å². The van der Waals surface area contributed by atoms with Gasteiger partial charge in [0.1, 0.15) is 18.1 Å². The maximum atomic E-state index is 14.0. The van der Waals surface area contributed by atoms with Crippen LogP contribution in [0.1, 0.15) is 36.6 Å². The van der Waals surface area contributed by atoms with Crippen molar-refractivity contribution in [3.05, 3.63) is 156 Å². The number of benzene rings is 4. The summed E-state index contributed by atoms with van der Waals surface area (Å²) in [4.78, 5) is 33.0. The largest absolute Gasteiger partial charge is 0.494 e. The van der Waals surface area contributed by atoms with Gasteiger partial charge in [0.05, 0.1) is 28.5 Å². The lowest BCUT2D eigenvalue weighted by molar-refractivity contribution is -0.113. The van der Waals surface area contributed by atoms with E-state index in [2.05, 4.69) is 5.32 Å². The minimum absolute atomic E-state index is 0.228. The number of halogens is 1. The SMILES string of the molecule is CCOc1ccc([C@@H]2C(C(=O)Nc3ccccc3)=C(C)N=c3s/c(=C\c4ccc(OCc5ccccc5Cl)cc4)c(=O)n32)cc1. The molecule has 1 aliphatic rings. The predicted octanol–water partition coefficient (Wildman–Crippen LogP) is 6.51. The highest BCUT2D eigenvalue weighted by molar-refractivity contribution is 7.07. The fraction of sp³-hybridized carbons (Fsp3) is 0.139. The molecule has 226 valence electrons. The first-order valence-electron chi connectivity index (χ1n) is 14.5. The number of ether oxygens (including phenoxy) is 2. The molecule has 0 radical (unpaired) electrons. The number of carbonyl (C=O) groups excluding carboxylic acids is 1. The number of hydrogen-bond donors (Lipinski definition) is 1. The molecule has 0 aliphatic carbocycles. The van der Waals surface area contributed by atoms with Gasteiger partial charge < -0.3 is 14.8 Å². The molecular weight excluding hydrogens is 606 g/mol. The summed E-state index contributed by atoms with van der Waals surface area (Å²) in [5.74, 6) is 1.08. The second-order valence-electron chi connectivity index (χ2n) is 10.4. The molecule has 2 heterocycles. The Kier molecular flexibility index (Phi) is 8.96. The number of thiazole rings is 1. The number of allylic oxidation sites excluding steroid dienone is 1. The number of fused-ring (bicyclic) bond motifs is 1. The van der Waals surface area contributed by atoms with Gasteiger partial charge in [-0.1, -0.05) is 83.6 Å². The van der Waals surface area contributed by atoms with Crippen LogP contribution in [0.2, 0.25) is 5.02 Å². The molecule has 5 aromatic rings. The molecule has 0 saturated carbocycles. The maximum absolute atomic E-state index is 14.0. The van der Waals surface area contributed by atoms with E-state index in [1.165, 1.54) is 11.3 Å². The van der Waals surface area contributed by atoms with Crippen molar-refractivity contribution in [1.82, 2.24) is 4.57 Å². The zero-order valence-electron chi connectivity index (χ0n) is 24.7. The smallest absolute Gasteiger partial charge is 0.271 e. The summed E-state index contributed by atoms with van der Waals surface area (Å²) in [6.07, 6.45) is 1.83. The fourth-order valence-corrected chi connectivity index (χ4v) is 6.39. The number of carbonyl (C=O) groups is 1. The normalized spacial score (nSPS) is 14.5. The van der Waals surface area contributed by atoms with Gasteiger partial charge in [-0.05, 0) is 73.5 Å². The minimum Gasteiger partial charge on any atom is -0.494 e. The van der Waals surface area contributed by atoms with E-state index in [1.54, 1.807) is 11.5 Å². The van der Waals surface area contributed by atoms with E-state index in [0.717, 1.165) is 16.7 Å². The van der Waals surface area contributed by atoms with Gasteiger partial charge in [-0.2, -0.15) is 0 Å². The van der Waals surface area contributed by atoms with Crippen LogP contribution in [-0.4, -0.2) is 17.1 Å². The van der Waals surface area contributed by atoms with Gasteiger partial charge in [-0.15, -0.1) is 0 Å². The Morgan fingerprint density at radius 3 is 2.31 bits per heavy atom. The predicted molar refractivity (Wildman–Crippen MR) is 179 cm³/mol. The van der Waals surface area contributed by atoms with Crippen LogP contribution < -0.4 is 29.7 Å². The summed E-state index contributed by atoms with van der Waals surface area (Å²) < 4.78 is 13.7. The summed E-state index contributed by atoms with van der Waals surface area (Å²) >= 11 is 7.54. The number of aromatic nitrogens is 1. The van der Waals surface area contributed by atoms with Gasteiger partial charge in [0.15, 0.2) is 4.80 Å². The third-order valence-electron chi connectivity index (χ3n) is 7.33. The Balaban J connectivity index is 1.35. The first-order chi connectivity index (χ1) is 21.9. The molecule has 1 atom stereocenters. The van der Waals surface area contributed by atoms with Crippen molar-refractivity contribution < 1.29 is 14.3 Å². The number of hydrogen-bond acceptors (Lipinski definition) is 6. The molecule has 45 heavy (non-hydrogen) atoms. The van der Waals surface area contributed by atoms with Crippen molar-refractivity contribution in [3.8, 4) is 11.5 Å². The quantitative estimate of drug-likeness (QED) is 0.200. The van der Waals surface area contributed by atoms with Crippen LogP contribution in [0.25, 0.3) is 6.08 Å². The summed E-state index contributed by atoms with van der Waals surface area (Å²) in [5, 5.41) is 3.64. The number of nitrogens with one attached hydrogen (secondary N) is 1. The highest BCUT2D eigenvalue weighted by atomic mass is 35.5. The van der Waals surface area contributed by atoms with E-state index in [9.17, 15) is 9.59 Å². The van der Waals surface area contributed by atoms with Gasteiger partial charge in [0, 0.05) is 16.3 Å². The lowest BCUT2D eigenvalue weighted by Crippen LogP contribution is -2.40. The molecular formula is C36H30ClN3O4S. The Hall–Kier alpha value is -4.92. The molecule has 0 spiro atoms. The first-order valence-corrected chi connectivity index (χ1v) is 15.7. The zero-order chi connectivity index (χ0) is 31.3. The minimum atomic E-state index is -0.677. The average Bonchev–Trinajstić information content (AvgIpc) is 3.35. The van der Waals surface area contributed by atoms with Crippen LogP contribution in [0.15, 0.2) is 124 Å². The summed E-state index contributed by atoms with van der Waals surface area (Å²) in [6.45, 7) is 4.61. The summed E-state index contributed by atoms with van der Waals surface area (Å²) in [6, 6.07) is 31.1. The van der Waals surface area contributed by atoms with E-state index in [-0.39, 0.29) is 11.5 Å². The average molecular weight is 636 g/mol. The summed E-state index contributed by atoms with van der Waals surface area (Å²) in [7, 11) is 0. The van der Waals surface area contributed by atoms with Crippen LogP contribution in [0.3, 0.4) is 0 Å². The van der Waals surface area contributed by atoms with E-state index in [1.807, 2.05) is 116 Å². The Bertz CT molecular complexity index is 2050. The Morgan fingerprint density at radius 1 is 0.933 bits per heavy atom. The molecule has 9 heteroatoms. The van der Waals surface area contributed by atoms with Crippen LogP contribution in [0.4, 0.5) is 5.69 Å². The van der Waals surface area contributed by atoms with Crippen LogP contribution in [0, 0.1) is 0 Å². The van der Waals surface area contributed by atoms with Crippen molar-refractivity contribution in [2.24, 2.45) is 4.99 Å². The monoisotopic (exact) mass is 635 g/mol. The molecule has 1 aromatic heterocycles. The molecule has 4 aromatic carbocycles. The highest BCUT2D eigenvalue weighted by Crippen LogP contribution is 2.32. The second-order valence-corrected chi connectivity index (χ2v) is 11.8. The zero-order valence-corrected chi connectivity index (χ0v) is 26.3. The molecule has 6 rings (SSSR count). The lowest BCUT2D eigenvalue weighted by Gasteiger charge is -2.25. The number of rotatable bonds is 9. The molecule has 1 N–H and O–H groups in total. The molecule has 0 fully saturated rings. The van der Waals surface area contributed by atoms with Gasteiger partial charge in [0.25, 0.3) is 11.5 Å². The van der Waals surface area contributed by atoms with Crippen molar-refractivity contribution in [1.29, 1.82) is 0 Å². The second kappa shape index (κ2) is 13.4. The topological polar surface area (TPSA) is 81.9 Å². The van der Waals surface area contributed by atoms with E-state index >= 15 is 0 Å². The third kappa shape index (κ3) is 6.62. The van der Waals surface area contributed by atoms with E-state index in [4.69, 9.17) is 26.1 Å². The molecule has 0 saturated heterocycles. The van der Waals surface area contributed by atoms with Crippen LogP contribution in [-0.2, 0) is 11.4 Å². The molecule has 1 aliphatic heterocycles. The lowest BCUT2D eigenvalue weighted by atomic mass is 9.95.